The van der Waals surface area contributed by atoms with Gasteiger partial charge in [-0.1, -0.05) is 25.5 Å². The van der Waals surface area contributed by atoms with E-state index in [4.69, 9.17) is 5.11 Å². The lowest BCUT2D eigenvalue weighted by atomic mass is 10.1. The number of hydrogen-bond donors (Lipinski definition) is 2. The van der Waals surface area contributed by atoms with E-state index in [0.717, 1.165) is 12.8 Å². The summed E-state index contributed by atoms with van der Waals surface area (Å²) in [7, 11) is 0. The van der Waals surface area contributed by atoms with Crippen molar-refractivity contribution in [2.45, 2.75) is 19.8 Å². The number of nitrogens with one attached hydrogen (secondary N) is 1. The summed E-state index contributed by atoms with van der Waals surface area (Å²) in [6.45, 7) is 2.38. The van der Waals surface area contributed by atoms with E-state index in [2.05, 4.69) is 5.32 Å². The molecule has 0 bridgehead atoms. The number of carbonyl (C=O) groups is 3. The Balaban J connectivity index is 2.16. The van der Waals surface area contributed by atoms with Crippen LogP contribution in [-0.2, 0) is 4.79 Å². The first-order valence-corrected chi connectivity index (χ1v) is 6.71. The quantitative estimate of drug-likeness (QED) is 0.641. The number of imide groups is 1. The maximum atomic E-state index is 12.1. The minimum atomic E-state index is -1.01. The van der Waals surface area contributed by atoms with Crippen molar-refractivity contribution in [1.29, 1.82) is 0 Å². The third kappa shape index (κ3) is 3.28. The van der Waals surface area contributed by atoms with Crippen LogP contribution in [0.3, 0.4) is 0 Å². The maximum Gasteiger partial charge on any atom is 0.335 e. The average molecular weight is 288 g/mol. The number of nitrogens with zero attached hydrogens (tertiary/aromatic N) is 1. The summed E-state index contributed by atoms with van der Waals surface area (Å²) >= 11 is 0. The van der Waals surface area contributed by atoms with E-state index in [1.54, 1.807) is 12.1 Å². The predicted octanol–water partition coefficient (Wildman–Crippen LogP) is 2.08. The highest BCUT2D eigenvalue weighted by atomic mass is 16.4. The molecule has 2 N–H and O–H groups in total. The zero-order valence-electron chi connectivity index (χ0n) is 11.6. The molecule has 1 aromatic carbocycles. The number of carboxylic acids is 1. The third-order valence-electron chi connectivity index (χ3n) is 3.17. The molecule has 0 radical (unpaired) electrons. The highest BCUT2D eigenvalue weighted by molar-refractivity contribution is 6.13. The summed E-state index contributed by atoms with van der Waals surface area (Å²) in [4.78, 5) is 35.7. The van der Waals surface area contributed by atoms with E-state index in [0.29, 0.717) is 12.1 Å². The predicted molar refractivity (Wildman–Crippen MR) is 76.5 cm³/mol. The molecule has 6 nitrogen and oxygen atoms in total. The van der Waals surface area contributed by atoms with Crippen LogP contribution in [0.4, 0.5) is 4.79 Å². The van der Waals surface area contributed by atoms with E-state index in [1.165, 1.54) is 23.1 Å². The molecule has 1 aliphatic rings. The summed E-state index contributed by atoms with van der Waals surface area (Å²) in [5.74, 6) is -1.36. The van der Waals surface area contributed by atoms with E-state index < -0.39 is 12.0 Å². The van der Waals surface area contributed by atoms with Gasteiger partial charge >= 0.3 is 12.0 Å². The molecule has 0 aromatic heterocycles. The third-order valence-corrected chi connectivity index (χ3v) is 3.17. The van der Waals surface area contributed by atoms with Crippen molar-refractivity contribution in [3.63, 3.8) is 0 Å². The molecule has 21 heavy (non-hydrogen) atoms. The summed E-state index contributed by atoms with van der Waals surface area (Å²) < 4.78 is 0. The highest BCUT2D eigenvalue weighted by Gasteiger charge is 2.32. The molecule has 1 aliphatic heterocycles. The molecule has 0 atom stereocenters. The fourth-order valence-corrected chi connectivity index (χ4v) is 1.98. The molecule has 1 fully saturated rings. The molecule has 0 aliphatic carbocycles. The number of unbranched alkanes of at least 4 members (excludes halogenated alkanes) is 1. The van der Waals surface area contributed by atoms with Crippen molar-refractivity contribution in [3.05, 3.63) is 41.1 Å². The Kier molecular flexibility index (Phi) is 4.37. The molecule has 0 saturated carbocycles. The molecule has 1 aromatic rings. The van der Waals surface area contributed by atoms with Crippen molar-refractivity contribution >= 4 is 24.0 Å². The van der Waals surface area contributed by atoms with Crippen LogP contribution in [0.5, 0.6) is 0 Å². The zero-order chi connectivity index (χ0) is 15.4. The Bertz CT molecular complexity index is 605. The molecular weight excluding hydrogens is 272 g/mol. The smallest absolute Gasteiger partial charge is 0.335 e. The molecule has 110 valence electrons. The first-order chi connectivity index (χ1) is 10.0. The van der Waals surface area contributed by atoms with Gasteiger partial charge in [0.2, 0.25) is 0 Å². The van der Waals surface area contributed by atoms with Crippen molar-refractivity contribution in [2.75, 3.05) is 6.54 Å². The zero-order valence-corrected chi connectivity index (χ0v) is 11.6. The number of carboxylic acid groups (broad SMARTS) is 1. The van der Waals surface area contributed by atoms with Gasteiger partial charge < -0.3 is 10.4 Å². The van der Waals surface area contributed by atoms with Gasteiger partial charge in [0.05, 0.1) is 5.56 Å². The SMILES string of the molecule is CCCCN1C(=O)NC(=Cc2ccc(C(=O)O)cc2)C1=O. The van der Waals surface area contributed by atoms with Gasteiger partial charge in [0.1, 0.15) is 5.70 Å². The van der Waals surface area contributed by atoms with Gasteiger partial charge in [-0.05, 0) is 30.2 Å². The Morgan fingerprint density at radius 1 is 1.29 bits per heavy atom. The second-order valence-corrected chi connectivity index (χ2v) is 4.73. The Morgan fingerprint density at radius 3 is 2.52 bits per heavy atom. The van der Waals surface area contributed by atoms with Crippen molar-refractivity contribution < 1.29 is 19.5 Å². The standard InChI is InChI=1S/C15H16N2O4/c1-2-3-8-17-13(18)12(16-15(17)21)9-10-4-6-11(7-5-10)14(19)20/h4-7,9H,2-3,8H2,1H3,(H,16,21)(H,19,20). The average Bonchev–Trinajstić information content (AvgIpc) is 2.72. The monoisotopic (exact) mass is 288 g/mol. The van der Waals surface area contributed by atoms with Crippen LogP contribution in [0.15, 0.2) is 30.0 Å². The van der Waals surface area contributed by atoms with Crippen LogP contribution in [0.25, 0.3) is 6.08 Å². The summed E-state index contributed by atoms with van der Waals surface area (Å²) in [5, 5.41) is 11.4. The minimum absolute atomic E-state index is 0.170. The molecule has 0 unspecified atom stereocenters. The van der Waals surface area contributed by atoms with Crippen molar-refractivity contribution in [1.82, 2.24) is 10.2 Å². The van der Waals surface area contributed by atoms with Crippen LogP contribution < -0.4 is 5.32 Å². The number of hydrogen-bond acceptors (Lipinski definition) is 3. The number of benzene rings is 1. The lowest BCUT2D eigenvalue weighted by Gasteiger charge is -2.09. The second kappa shape index (κ2) is 6.21. The van der Waals surface area contributed by atoms with Crippen LogP contribution in [0, 0.1) is 0 Å². The van der Waals surface area contributed by atoms with Gasteiger partial charge in [0.25, 0.3) is 5.91 Å². The largest absolute Gasteiger partial charge is 0.478 e. The Hall–Kier alpha value is -2.63. The topological polar surface area (TPSA) is 86.7 Å². The lowest BCUT2D eigenvalue weighted by Crippen LogP contribution is -2.31. The molecule has 2 rings (SSSR count). The van der Waals surface area contributed by atoms with E-state index >= 15 is 0 Å². The molecule has 0 spiro atoms. The Labute approximate surface area is 122 Å². The molecular formula is C15H16N2O4. The number of amides is 3. The summed E-state index contributed by atoms with van der Waals surface area (Å²) in [6.07, 6.45) is 3.20. The fourth-order valence-electron chi connectivity index (χ4n) is 1.98. The van der Waals surface area contributed by atoms with Crippen LogP contribution in [0.1, 0.15) is 35.7 Å². The van der Waals surface area contributed by atoms with Gasteiger partial charge in [0.15, 0.2) is 0 Å². The number of carbonyl (C=O) groups excluding carboxylic acids is 2. The summed E-state index contributed by atoms with van der Waals surface area (Å²) in [6, 6.07) is 5.66. The number of urea groups is 1. The summed E-state index contributed by atoms with van der Waals surface area (Å²) in [5.41, 5.74) is 1.03. The molecule has 1 heterocycles. The second-order valence-electron chi connectivity index (χ2n) is 4.73. The van der Waals surface area contributed by atoms with E-state index in [-0.39, 0.29) is 17.2 Å². The maximum absolute atomic E-state index is 12.1. The first kappa shape index (κ1) is 14.8. The number of rotatable bonds is 5. The van der Waals surface area contributed by atoms with Gasteiger partial charge in [-0.25, -0.2) is 9.59 Å². The fraction of sp³-hybridized carbons (Fsp3) is 0.267. The van der Waals surface area contributed by atoms with Gasteiger partial charge in [-0.15, -0.1) is 0 Å². The molecule has 3 amide bonds. The van der Waals surface area contributed by atoms with Gasteiger partial charge in [-0.3, -0.25) is 9.69 Å². The minimum Gasteiger partial charge on any atom is -0.478 e. The molecule has 6 heteroatoms. The molecule has 1 saturated heterocycles. The van der Waals surface area contributed by atoms with Crippen LogP contribution in [-0.4, -0.2) is 34.5 Å². The highest BCUT2D eigenvalue weighted by Crippen LogP contribution is 2.15. The number of aromatic carboxylic acids is 1. The van der Waals surface area contributed by atoms with Crippen LogP contribution in [0.2, 0.25) is 0 Å². The van der Waals surface area contributed by atoms with E-state index in [1.807, 2.05) is 6.92 Å². The first-order valence-electron chi connectivity index (χ1n) is 6.71. The van der Waals surface area contributed by atoms with E-state index in [9.17, 15) is 14.4 Å². The van der Waals surface area contributed by atoms with Crippen molar-refractivity contribution in [2.24, 2.45) is 0 Å². The van der Waals surface area contributed by atoms with Gasteiger partial charge in [0, 0.05) is 6.54 Å². The van der Waals surface area contributed by atoms with Crippen molar-refractivity contribution in [3.8, 4) is 0 Å². The normalized spacial score (nSPS) is 16.4. The Morgan fingerprint density at radius 2 is 1.95 bits per heavy atom. The lowest BCUT2D eigenvalue weighted by molar-refractivity contribution is -0.122. The van der Waals surface area contributed by atoms with Gasteiger partial charge in [-0.2, -0.15) is 0 Å². The van der Waals surface area contributed by atoms with Crippen LogP contribution >= 0.6 is 0 Å².